The highest BCUT2D eigenvalue weighted by Gasteiger charge is 2.19. The second kappa shape index (κ2) is 7.59. The van der Waals surface area contributed by atoms with Crippen LogP contribution in [0.15, 0.2) is 71.3 Å². The van der Waals surface area contributed by atoms with Gasteiger partial charge in [-0.2, -0.15) is 0 Å². The molecule has 0 atom stereocenters. The lowest BCUT2D eigenvalue weighted by Gasteiger charge is -2.09. The van der Waals surface area contributed by atoms with Crippen LogP contribution in [-0.4, -0.2) is 23.3 Å². The average molecular weight is 397 g/mol. The number of nitrogens with zero attached hydrogens (tertiary/aromatic N) is 1. The van der Waals surface area contributed by atoms with Crippen LogP contribution in [0.5, 0.6) is 0 Å². The number of hydrogen-bond donors (Lipinski definition) is 0. The van der Waals surface area contributed by atoms with E-state index in [9.17, 15) is 9.59 Å². The molecule has 5 heteroatoms. The van der Waals surface area contributed by atoms with Crippen LogP contribution in [-0.2, 0) is 17.6 Å². The smallest absolute Gasteiger partial charge is 0.339 e. The normalized spacial score (nSPS) is 12.7. The standard InChI is InChI=1S/C25H19NO4/c27-23(18-11-10-16-5-3-6-17(16)13-18)15-30-25(28)20-14-22(24-9-4-12-29-24)26-21-8-2-1-7-19(20)21/h1-2,4,7-14H,3,5-6,15H2. The van der Waals surface area contributed by atoms with Crippen molar-refractivity contribution in [2.24, 2.45) is 0 Å². The maximum Gasteiger partial charge on any atom is 0.339 e. The van der Waals surface area contributed by atoms with Crippen LogP contribution in [0.2, 0.25) is 0 Å². The molecule has 5 rings (SSSR count). The van der Waals surface area contributed by atoms with E-state index in [1.54, 1.807) is 24.5 Å². The van der Waals surface area contributed by atoms with Crippen molar-refractivity contribution in [1.29, 1.82) is 0 Å². The lowest BCUT2D eigenvalue weighted by molar-refractivity contribution is 0.0476. The zero-order chi connectivity index (χ0) is 20.5. The molecule has 4 aromatic rings. The van der Waals surface area contributed by atoms with Crippen LogP contribution >= 0.6 is 0 Å². The lowest BCUT2D eigenvalue weighted by Crippen LogP contribution is -2.15. The van der Waals surface area contributed by atoms with Crippen LogP contribution in [0.25, 0.3) is 22.4 Å². The second-order valence-electron chi connectivity index (χ2n) is 7.39. The van der Waals surface area contributed by atoms with E-state index < -0.39 is 5.97 Å². The first-order chi connectivity index (χ1) is 14.7. The number of rotatable bonds is 5. The first kappa shape index (κ1) is 18.3. The fourth-order valence-electron chi connectivity index (χ4n) is 3.93. The molecule has 5 nitrogen and oxygen atoms in total. The summed E-state index contributed by atoms with van der Waals surface area (Å²) in [5.41, 5.74) is 4.65. The van der Waals surface area contributed by atoms with Crippen LogP contribution in [0.4, 0.5) is 0 Å². The number of carbonyl (C=O) groups is 2. The summed E-state index contributed by atoms with van der Waals surface area (Å²) in [4.78, 5) is 30.0. The first-order valence-corrected chi connectivity index (χ1v) is 9.95. The van der Waals surface area contributed by atoms with Crippen molar-refractivity contribution in [3.05, 3.63) is 89.2 Å². The van der Waals surface area contributed by atoms with Crippen molar-refractivity contribution in [2.75, 3.05) is 6.61 Å². The second-order valence-corrected chi connectivity index (χ2v) is 7.39. The molecule has 0 N–H and O–H groups in total. The number of ether oxygens (including phenoxy) is 1. The molecule has 2 aromatic carbocycles. The molecular formula is C25H19NO4. The summed E-state index contributed by atoms with van der Waals surface area (Å²) in [6, 6.07) is 18.3. The summed E-state index contributed by atoms with van der Waals surface area (Å²) in [7, 11) is 0. The predicted octanol–water partition coefficient (Wildman–Crippen LogP) is 5.02. The molecule has 0 bridgehead atoms. The Morgan fingerprint density at radius 1 is 0.967 bits per heavy atom. The maximum absolute atomic E-state index is 12.9. The number of esters is 1. The first-order valence-electron chi connectivity index (χ1n) is 9.95. The highest BCUT2D eigenvalue weighted by Crippen LogP contribution is 2.26. The third-order valence-electron chi connectivity index (χ3n) is 5.46. The SMILES string of the molecule is O=C(COC(=O)c1cc(-c2ccco2)nc2ccccc12)c1ccc2c(c1)CCC2. The Morgan fingerprint density at radius 2 is 1.83 bits per heavy atom. The van der Waals surface area contributed by atoms with Gasteiger partial charge in [-0.15, -0.1) is 0 Å². The summed E-state index contributed by atoms with van der Waals surface area (Å²) >= 11 is 0. The quantitative estimate of drug-likeness (QED) is 0.349. The largest absolute Gasteiger partial charge is 0.463 e. The molecule has 0 amide bonds. The van der Waals surface area contributed by atoms with Gasteiger partial charge in [0.2, 0.25) is 0 Å². The molecular weight excluding hydrogens is 378 g/mol. The molecule has 2 heterocycles. The Bertz CT molecular complexity index is 1260. The van der Waals surface area contributed by atoms with Gasteiger partial charge in [-0.1, -0.05) is 30.3 Å². The topological polar surface area (TPSA) is 69.4 Å². The van der Waals surface area contributed by atoms with E-state index in [2.05, 4.69) is 4.98 Å². The van der Waals surface area contributed by atoms with E-state index in [1.807, 2.05) is 42.5 Å². The average Bonchev–Trinajstić information content (AvgIpc) is 3.48. The van der Waals surface area contributed by atoms with Gasteiger partial charge in [0, 0.05) is 10.9 Å². The number of Topliss-reactive ketones (excluding diaryl/α,β-unsaturated/α-hetero) is 1. The minimum absolute atomic E-state index is 0.206. The molecule has 0 saturated heterocycles. The Balaban J connectivity index is 1.40. The van der Waals surface area contributed by atoms with Crippen molar-refractivity contribution in [3.8, 4) is 11.5 Å². The van der Waals surface area contributed by atoms with E-state index in [-0.39, 0.29) is 12.4 Å². The Labute approximate surface area is 173 Å². The molecule has 0 unspecified atom stereocenters. The number of carbonyl (C=O) groups excluding carboxylic acids is 2. The Hall–Kier alpha value is -3.73. The van der Waals surface area contributed by atoms with Gasteiger partial charge in [0.05, 0.1) is 17.3 Å². The molecule has 1 aliphatic rings. The Morgan fingerprint density at radius 3 is 2.70 bits per heavy atom. The number of para-hydroxylation sites is 1. The van der Waals surface area contributed by atoms with Gasteiger partial charge < -0.3 is 9.15 Å². The number of furan rings is 1. The summed E-state index contributed by atoms with van der Waals surface area (Å²) in [5, 5.41) is 0.669. The molecule has 30 heavy (non-hydrogen) atoms. The van der Waals surface area contributed by atoms with E-state index in [0.29, 0.717) is 33.5 Å². The summed E-state index contributed by atoms with van der Waals surface area (Å²) in [6.45, 7) is -0.301. The third-order valence-corrected chi connectivity index (χ3v) is 5.46. The minimum Gasteiger partial charge on any atom is -0.463 e. The van der Waals surface area contributed by atoms with Crippen LogP contribution in [0.1, 0.15) is 38.3 Å². The monoisotopic (exact) mass is 397 g/mol. The third kappa shape index (κ3) is 3.39. The number of pyridine rings is 1. The highest BCUT2D eigenvalue weighted by atomic mass is 16.5. The number of aromatic nitrogens is 1. The van der Waals surface area contributed by atoms with Crippen molar-refractivity contribution >= 4 is 22.7 Å². The number of fused-ring (bicyclic) bond motifs is 2. The molecule has 148 valence electrons. The fraction of sp³-hybridized carbons (Fsp3) is 0.160. The number of hydrogen-bond acceptors (Lipinski definition) is 5. The summed E-state index contributed by atoms with van der Waals surface area (Å²) < 4.78 is 10.8. The zero-order valence-corrected chi connectivity index (χ0v) is 16.3. The van der Waals surface area contributed by atoms with Gasteiger partial charge in [-0.05, 0) is 60.7 Å². The van der Waals surface area contributed by atoms with Gasteiger partial charge in [0.25, 0.3) is 0 Å². The van der Waals surface area contributed by atoms with Gasteiger partial charge >= 0.3 is 5.97 Å². The van der Waals surface area contributed by atoms with Crippen LogP contribution < -0.4 is 0 Å². The highest BCUT2D eigenvalue weighted by molar-refractivity contribution is 6.06. The van der Waals surface area contributed by atoms with Crippen molar-refractivity contribution in [3.63, 3.8) is 0 Å². The van der Waals surface area contributed by atoms with E-state index in [1.165, 1.54) is 11.1 Å². The molecule has 0 radical (unpaired) electrons. The lowest BCUT2D eigenvalue weighted by atomic mass is 10.0. The van der Waals surface area contributed by atoms with Gasteiger partial charge in [-0.25, -0.2) is 9.78 Å². The molecule has 0 spiro atoms. The van der Waals surface area contributed by atoms with Crippen molar-refractivity contribution in [2.45, 2.75) is 19.3 Å². The molecule has 0 saturated carbocycles. The minimum atomic E-state index is -0.559. The fourth-order valence-corrected chi connectivity index (χ4v) is 3.93. The van der Waals surface area contributed by atoms with Gasteiger partial charge in [0.15, 0.2) is 18.2 Å². The zero-order valence-electron chi connectivity index (χ0n) is 16.3. The molecule has 0 aliphatic heterocycles. The summed E-state index contributed by atoms with van der Waals surface area (Å²) in [6.07, 6.45) is 4.73. The Kier molecular flexibility index (Phi) is 4.64. The molecule has 1 aliphatic carbocycles. The predicted molar refractivity (Wildman–Crippen MR) is 113 cm³/mol. The van der Waals surface area contributed by atoms with Crippen LogP contribution in [0.3, 0.4) is 0 Å². The van der Waals surface area contributed by atoms with Gasteiger partial charge in [0.1, 0.15) is 5.69 Å². The summed E-state index contributed by atoms with van der Waals surface area (Å²) in [5.74, 6) is -0.206. The number of aryl methyl sites for hydroxylation is 2. The van der Waals surface area contributed by atoms with Crippen LogP contribution in [0, 0.1) is 0 Å². The van der Waals surface area contributed by atoms with E-state index in [4.69, 9.17) is 9.15 Å². The van der Waals surface area contributed by atoms with Crippen molar-refractivity contribution < 1.29 is 18.7 Å². The molecule has 0 fully saturated rings. The maximum atomic E-state index is 12.9. The molecule has 2 aromatic heterocycles. The number of benzene rings is 2. The van der Waals surface area contributed by atoms with Crippen molar-refractivity contribution in [1.82, 2.24) is 4.98 Å². The van der Waals surface area contributed by atoms with E-state index in [0.717, 1.165) is 19.3 Å². The van der Waals surface area contributed by atoms with Gasteiger partial charge in [-0.3, -0.25) is 4.79 Å². The number of ketones is 1. The van der Waals surface area contributed by atoms with E-state index >= 15 is 0 Å².